The summed E-state index contributed by atoms with van der Waals surface area (Å²) < 4.78 is 35.4. The number of hydrogen-bond acceptors (Lipinski definition) is 7. The Bertz CT molecular complexity index is 1370. The molecule has 0 amide bonds. The molecule has 8 nitrogen and oxygen atoms in total. The molecule has 188 valence electrons. The molecule has 2 aromatic heterocycles. The maximum absolute atomic E-state index is 13.5. The van der Waals surface area contributed by atoms with Gasteiger partial charge in [-0.15, -0.1) is 11.3 Å². The molecule has 0 saturated heterocycles. The van der Waals surface area contributed by atoms with E-state index in [1.807, 2.05) is 74.6 Å². The van der Waals surface area contributed by atoms with Gasteiger partial charge in [-0.1, -0.05) is 36.4 Å². The van der Waals surface area contributed by atoms with E-state index in [-0.39, 0.29) is 35.9 Å². The molecule has 0 aliphatic rings. The number of sulfonamides is 1. The molecule has 0 fully saturated rings. The molecule has 0 saturated carbocycles. The third kappa shape index (κ3) is 6.66. The van der Waals surface area contributed by atoms with E-state index in [0.29, 0.717) is 6.42 Å². The summed E-state index contributed by atoms with van der Waals surface area (Å²) in [4.78, 5) is 16.0. The third-order valence-corrected chi connectivity index (χ3v) is 8.34. The van der Waals surface area contributed by atoms with Gasteiger partial charge in [-0.3, -0.25) is 4.79 Å². The number of aromatic nitrogens is 3. The van der Waals surface area contributed by atoms with Crippen LogP contribution in [0.1, 0.15) is 37.0 Å². The Morgan fingerprint density at radius 3 is 2.44 bits per heavy atom. The molecule has 0 N–H and O–H groups in total. The second-order valence-corrected chi connectivity index (χ2v) is 11.6. The number of esters is 1. The molecule has 0 radical (unpaired) electrons. The highest BCUT2D eigenvalue weighted by molar-refractivity contribution is 7.91. The summed E-state index contributed by atoms with van der Waals surface area (Å²) in [6, 6.07) is 17.1. The van der Waals surface area contributed by atoms with Gasteiger partial charge in [-0.25, -0.2) is 18.1 Å². The Labute approximate surface area is 215 Å². The topological polar surface area (TPSA) is 94.4 Å². The number of carbonyl (C=O) groups excluding carboxylic acids is 1. The van der Waals surface area contributed by atoms with Crippen LogP contribution in [-0.2, 0) is 39.1 Å². The van der Waals surface area contributed by atoms with Crippen molar-refractivity contribution in [1.82, 2.24) is 19.1 Å². The van der Waals surface area contributed by atoms with Gasteiger partial charge in [0.25, 0.3) is 10.0 Å². The standard InChI is InChI=1S/C26H28N4O4S2/c1-20(2)34-25(31)12-9-21-5-3-6-23(17-21)19-29(36(32,33)26-27-14-16-35-26)18-22-7-10-24(11-8-22)30-15-4-13-28-30/h3-8,10-11,13-17,20H,9,12,18-19H2,1-2H3. The van der Waals surface area contributed by atoms with Gasteiger partial charge in [0.15, 0.2) is 0 Å². The highest BCUT2D eigenvalue weighted by Crippen LogP contribution is 2.24. The lowest BCUT2D eigenvalue weighted by atomic mass is 10.1. The first-order valence-corrected chi connectivity index (χ1v) is 13.9. The smallest absolute Gasteiger partial charge is 0.306 e. The summed E-state index contributed by atoms with van der Waals surface area (Å²) >= 11 is 1.10. The Balaban J connectivity index is 1.53. The van der Waals surface area contributed by atoms with Crippen molar-refractivity contribution >= 4 is 27.3 Å². The van der Waals surface area contributed by atoms with E-state index in [1.54, 1.807) is 16.3 Å². The summed E-state index contributed by atoms with van der Waals surface area (Å²) in [5, 5.41) is 5.88. The number of nitrogens with zero attached hydrogens (tertiary/aromatic N) is 4. The fourth-order valence-corrected chi connectivity index (χ4v) is 6.09. The summed E-state index contributed by atoms with van der Waals surface area (Å²) in [6.07, 6.45) is 5.69. The van der Waals surface area contributed by atoms with E-state index in [2.05, 4.69) is 10.1 Å². The van der Waals surface area contributed by atoms with Crippen LogP contribution in [0.3, 0.4) is 0 Å². The van der Waals surface area contributed by atoms with Crippen molar-refractivity contribution in [3.05, 3.63) is 95.3 Å². The van der Waals surface area contributed by atoms with Crippen molar-refractivity contribution in [3.8, 4) is 5.69 Å². The van der Waals surface area contributed by atoms with Crippen LogP contribution in [0.4, 0.5) is 0 Å². The lowest BCUT2D eigenvalue weighted by molar-refractivity contribution is -0.147. The van der Waals surface area contributed by atoms with Crippen molar-refractivity contribution in [2.24, 2.45) is 0 Å². The molecule has 4 aromatic rings. The first kappa shape index (κ1) is 25.7. The molecular weight excluding hydrogens is 496 g/mol. The molecule has 0 aliphatic heterocycles. The lowest BCUT2D eigenvalue weighted by Gasteiger charge is -2.21. The van der Waals surface area contributed by atoms with Crippen molar-refractivity contribution in [1.29, 1.82) is 0 Å². The van der Waals surface area contributed by atoms with Crippen LogP contribution in [0.2, 0.25) is 0 Å². The number of carbonyl (C=O) groups is 1. The van der Waals surface area contributed by atoms with Gasteiger partial charge in [-0.2, -0.15) is 9.40 Å². The third-order valence-electron chi connectivity index (χ3n) is 5.37. The minimum atomic E-state index is -3.81. The minimum absolute atomic E-state index is 0.0586. The van der Waals surface area contributed by atoms with Crippen LogP contribution in [-0.4, -0.2) is 39.6 Å². The molecule has 0 bridgehead atoms. The lowest BCUT2D eigenvalue weighted by Crippen LogP contribution is -2.30. The fraction of sp³-hybridized carbons (Fsp3) is 0.269. The maximum atomic E-state index is 13.5. The maximum Gasteiger partial charge on any atom is 0.306 e. The summed E-state index contributed by atoms with van der Waals surface area (Å²) in [7, 11) is -3.81. The van der Waals surface area contributed by atoms with Crippen molar-refractivity contribution in [2.75, 3.05) is 0 Å². The fourth-order valence-electron chi connectivity index (χ4n) is 3.71. The second-order valence-electron chi connectivity index (χ2n) is 8.55. The van der Waals surface area contributed by atoms with Crippen LogP contribution in [0.15, 0.2) is 82.9 Å². The van der Waals surface area contributed by atoms with Crippen LogP contribution in [0, 0.1) is 0 Å². The number of rotatable bonds is 11. The van der Waals surface area contributed by atoms with Gasteiger partial charge in [0.2, 0.25) is 4.34 Å². The SMILES string of the molecule is CC(C)OC(=O)CCc1cccc(CN(Cc2ccc(-n3cccn3)cc2)S(=O)(=O)c2nccs2)c1. The molecule has 0 atom stereocenters. The Morgan fingerprint density at radius 2 is 1.78 bits per heavy atom. The van der Waals surface area contributed by atoms with E-state index in [9.17, 15) is 13.2 Å². The molecule has 4 rings (SSSR count). The number of hydrogen-bond donors (Lipinski definition) is 0. The first-order valence-electron chi connectivity index (χ1n) is 11.6. The molecule has 0 spiro atoms. The van der Waals surface area contributed by atoms with E-state index < -0.39 is 10.0 Å². The van der Waals surface area contributed by atoms with E-state index in [4.69, 9.17) is 4.74 Å². The van der Waals surface area contributed by atoms with E-state index >= 15 is 0 Å². The van der Waals surface area contributed by atoms with E-state index in [0.717, 1.165) is 33.7 Å². The van der Waals surface area contributed by atoms with Gasteiger partial charge in [0.1, 0.15) is 0 Å². The molecule has 2 aromatic carbocycles. The van der Waals surface area contributed by atoms with Gasteiger partial charge in [0, 0.05) is 43.5 Å². The number of aryl methyl sites for hydroxylation is 1. The van der Waals surface area contributed by atoms with Gasteiger partial charge >= 0.3 is 5.97 Å². The monoisotopic (exact) mass is 524 g/mol. The number of ether oxygens (including phenoxy) is 1. The molecule has 0 aliphatic carbocycles. The zero-order chi connectivity index (χ0) is 25.5. The highest BCUT2D eigenvalue weighted by Gasteiger charge is 2.27. The van der Waals surface area contributed by atoms with E-state index in [1.165, 1.54) is 10.5 Å². The van der Waals surface area contributed by atoms with Crippen molar-refractivity contribution in [2.45, 2.75) is 50.2 Å². The Hall–Kier alpha value is -3.34. The predicted octanol–water partition coefficient (Wildman–Crippen LogP) is 4.60. The highest BCUT2D eigenvalue weighted by atomic mass is 32.2. The zero-order valence-electron chi connectivity index (χ0n) is 20.1. The predicted molar refractivity (Wildman–Crippen MR) is 138 cm³/mol. The number of benzene rings is 2. The first-order chi connectivity index (χ1) is 17.3. The normalized spacial score (nSPS) is 11.8. The molecular formula is C26H28N4O4S2. The average Bonchev–Trinajstić information content (AvgIpc) is 3.58. The van der Waals surface area contributed by atoms with Crippen LogP contribution in [0.5, 0.6) is 0 Å². The second kappa shape index (κ2) is 11.6. The molecule has 36 heavy (non-hydrogen) atoms. The van der Waals surface area contributed by atoms with Crippen LogP contribution < -0.4 is 0 Å². The summed E-state index contributed by atoms with van der Waals surface area (Å²) in [5.74, 6) is -0.248. The summed E-state index contributed by atoms with van der Waals surface area (Å²) in [6.45, 7) is 4.00. The minimum Gasteiger partial charge on any atom is -0.463 e. The van der Waals surface area contributed by atoms with Gasteiger partial charge in [0.05, 0.1) is 11.8 Å². The largest absolute Gasteiger partial charge is 0.463 e. The zero-order valence-corrected chi connectivity index (χ0v) is 21.8. The molecule has 10 heteroatoms. The quantitative estimate of drug-likeness (QED) is 0.266. The molecule has 2 heterocycles. The van der Waals surface area contributed by atoms with Crippen LogP contribution >= 0.6 is 11.3 Å². The number of thiazole rings is 1. The van der Waals surface area contributed by atoms with Crippen LogP contribution in [0.25, 0.3) is 5.69 Å². The molecule has 0 unspecified atom stereocenters. The average molecular weight is 525 g/mol. The Kier molecular flexibility index (Phi) is 8.29. The van der Waals surface area contributed by atoms with Crippen molar-refractivity contribution in [3.63, 3.8) is 0 Å². The summed E-state index contributed by atoms with van der Waals surface area (Å²) in [5.41, 5.74) is 3.52. The van der Waals surface area contributed by atoms with Crippen molar-refractivity contribution < 1.29 is 17.9 Å². The Morgan fingerprint density at radius 1 is 1.03 bits per heavy atom. The van der Waals surface area contributed by atoms with Gasteiger partial charge < -0.3 is 4.74 Å². The van der Waals surface area contributed by atoms with Gasteiger partial charge in [-0.05, 0) is 55.2 Å².